The summed E-state index contributed by atoms with van der Waals surface area (Å²) in [4.78, 5) is 4.34. The van der Waals surface area contributed by atoms with Gasteiger partial charge in [-0.05, 0) is 6.07 Å². The van der Waals surface area contributed by atoms with Crippen molar-refractivity contribution in [3.63, 3.8) is 0 Å². The molecule has 3 heterocycles. The molecule has 4 aromatic rings. The van der Waals surface area contributed by atoms with Gasteiger partial charge >= 0.3 is 6.55 Å². The van der Waals surface area contributed by atoms with Gasteiger partial charge in [0.2, 0.25) is 11.7 Å². The molecule has 0 fully saturated rings. The molecule has 0 aliphatic rings. The van der Waals surface area contributed by atoms with Gasteiger partial charge in [0.1, 0.15) is 12.2 Å². The van der Waals surface area contributed by atoms with Crippen LogP contribution in [0.2, 0.25) is 0 Å². The van der Waals surface area contributed by atoms with Gasteiger partial charge in [0.15, 0.2) is 0 Å². The van der Waals surface area contributed by atoms with Crippen LogP contribution in [0.4, 0.5) is 8.78 Å². The lowest BCUT2D eigenvalue weighted by atomic mass is 10.2. The molecule has 9 heteroatoms. The molecule has 0 spiro atoms. The first-order valence-electron chi connectivity index (χ1n) is 7.67. The van der Waals surface area contributed by atoms with Crippen molar-refractivity contribution in [3.05, 3.63) is 48.5 Å². The maximum Gasteiger partial charge on any atom is 0.319 e. The van der Waals surface area contributed by atoms with Crippen LogP contribution < -0.4 is 0 Å². The molecule has 0 atom stereocenters. The quantitative estimate of drug-likeness (QED) is 0.556. The van der Waals surface area contributed by atoms with E-state index in [1.165, 1.54) is 6.20 Å². The third kappa shape index (κ3) is 2.77. The summed E-state index contributed by atoms with van der Waals surface area (Å²) in [6.45, 7) is -2.64. The van der Waals surface area contributed by atoms with E-state index in [1.807, 2.05) is 11.6 Å². The second-order valence-electron chi connectivity index (χ2n) is 5.61. The Labute approximate surface area is 140 Å². The molecule has 0 N–H and O–H groups in total. The van der Waals surface area contributed by atoms with Gasteiger partial charge in [-0.15, -0.1) is 10.2 Å². The molecule has 0 saturated heterocycles. The van der Waals surface area contributed by atoms with E-state index in [2.05, 4.69) is 20.3 Å². The van der Waals surface area contributed by atoms with E-state index in [0.29, 0.717) is 41.0 Å². The highest BCUT2D eigenvalue weighted by Gasteiger charge is 2.19. The predicted molar refractivity (Wildman–Crippen MR) is 84.9 cm³/mol. The van der Waals surface area contributed by atoms with Crippen LogP contribution in [0.1, 0.15) is 18.3 Å². The van der Waals surface area contributed by atoms with Crippen LogP contribution in [0.3, 0.4) is 0 Å². The fourth-order valence-electron chi connectivity index (χ4n) is 2.76. The highest BCUT2D eigenvalue weighted by Crippen LogP contribution is 2.31. The Hall–Kier alpha value is -3.10. The third-order valence-corrected chi connectivity index (χ3v) is 4.03. The molecule has 0 bridgehead atoms. The zero-order valence-corrected chi connectivity index (χ0v) is 13.3. The van der Waals surface area contributed by atoms with Crippen molar-refractivity contribution >= 4 is 10.9 Å². The summed E-state index contributed by atoms with van der Waals surface area (Å²) in [5, 5.41) is 12.4. The standard InChI is InChI=1S/C16H14F2N6O/c1-23-9-19-21-13(23)6-7-14-20-15(22-25-14)11-8-24(16(17)18)12-5-3-2-4-10(11)12/h2-5,8-9,16H,6-7H2,1H3. The zero-order chi connectivity index (χ0) is 17.4. The number of benzene rings is 1. The van der Waals surface area contributed by atoms with Gasteiger partial charge in [-0.1, -0.05) is 23.4 Å². The van der Waals surface area contributed by atoms with Crippen LogP contribution in [0.15, 0.2) is 41.3 Å². The van der Waals surface area contributed by atoms with Crippen LogP contribution in [0.5, 0.6) is 0 Å². The molecular formula is C16H14F2N6O. The molecule has 128 valence electrons. The molecule has 0 amide bonds. The van der Waals surface area contributed by atoms with Crippen molar-refractivity contribution in [3.8, 4) is 11.4 Å². The number of hydrogen-bond acceptors (Lipinski definition) is 5. The van der Waals surface area contributed by atoms with Crippen LogP contribution in [0, 0.1) is 0 Å². The van der Waals surface area contributed by atoms with Gasteiger partial charge in [-0.3, -0.25) is 4.57 Å². The maximum atomic E-state index is 13.2. The molecule has 7 nitrogen and oxygen atoms in total. The van der Waals surface area contributed by atoms with Crippen molar-refractivity contribution in [2.45, 2.75) is 19.4 Å². The Morgan fingerprint density at radius 2 is 2.04 bits per heavy atom. The van der Waals surface area contributed by atoms with Crippen molar-refractivity contribution in [2.75, 3.05) is 0 Å². The van der Waals surface area contributed by atoms with E-state index in [4.69, 9.17) is 4.52 Å². The van der Waals surface area contributed by atoms with Crippen molar-refractivity contribution in [1.29, 1.82) is 0 Å². The fraction of sp³-hybridized carbons (Fsp3) is 0.250. The number of para-hydroxylation sites is 1. The fourth-order valence-corrected chi connectivity index (χ4v) is 2.76. The van der Waals surface area contributed by atoms with E-state index in [-0.39, 0.29) is 0 Å². The van der Waals surface area contributed by atoms with Crippen molar-refractivity contribution < 1.29 is 13.3 Å². The lowest BCUT2D eigenvalue weighted by Crippen LogP contribution is -2.00. The van der Waals surface area contributed by atoms with Crippen molar-refractivity contribution in [1.82, 2.24) is 29.5 Å². The number of aryl methyl sites for hydroxylation is 3. The highest BCUT2D eigenvalue weighted by atomic mass is 19.3. The van der Waals surface area contributed by atoms with Crippen molar-refractivity contribution in [2.24, 2.45) is 7.05 Å². The number of halogens is 2. The zero-order valence-electron chi connectivity index (χ0n) is 13.3. The van der Waals surface area contributed by atoms with Gasteiger partial charge in [-0.2, -0.15) is 13.8 Å². The number of hydrogen-bond donors (Lipinski definition) is 0. The molecule has 0 aliphatic carbocycles. The number of rotatable bonds is 5. The van der Waals surface area contributed by atoms with Gasteiger partial charge in [-0.25, -0.2) is 0 Å². The number of alkyl halides is 2. The lowest BCUT2D eigenvalue weighted by Gasteiger charge is -2.01. The first kappa shape index (κ1) is 15.4. The van der Waals surface area contributed by atoms with Gasteiger partial charge in [0, 0.05) is 37.0 Å². The van der Waals surface area contributed by atoms with Crippen LogP contribution >= 0.6 is 0 Å². The minimum absolute atomic E-state index is 0.295. The Kier molecular flexibility index (Phi) is 3.75. The van der Waals surface area contributed by atoms with Crippen LogP contribution in [-0.4, -0.2) is 29.5 Å². The smallest absolute Gasteiger partial charge is 0.319 e. The number of fused-ring (bicyclic) bond motifs is 1. The first-order chi connectivity index (χ1) is 12.1. The molecule has 0 aliphatic heterocycles. The van der Waals surface area contributed by atoms with E-state index in [1.54, 1.807) is 30.6 Å². The second-order valence-corrected chi connectivity index (χ2v) is 5.61. The summed E-state index contributed by atoms with van der Waals surface area (Å²) in [5.41, 5.74) is 0.947. The highest BCUT2D eigenvalue weighted by molar-refractivity contribution is 5.94. The summed E-state index contributed by atoms with van der Waals surface area (Å²) < 4.78 is 34.4. The summed E-state index contributed by atoms with van der Waals surface area (Å²) in [6, 6.07) is 6.91. The SMILES string of the molecule is Cn1cnnc1CCc1nc(-c2cn(C(F)F)c3ccccc23)no1. The van der Waals surface area contributed by atoms with Crippen LogP contribution in [0.25, 0.3) is 22.3 Å². The average Bonchev–Trinajstić information content (AvgIpc) is 3.30. The Bertz CT molecular complexity index is 1020. The van der Waals surface area contributed by atoms with E-state index in [0.717, 1.165) is 10.4 Å². The normalized spacial score (nSPS) is 11.7. The van der Waals surface area contributed by atoms with E-state index in [9.17, 15) is 8.78 Å². The third-order valence-electron chi connectivity index (χ3n) is 4.03. The number of aromatic nitrogens is 6. The summed E-state index contributed by atoms with van der Waals surface area (Å²) in [7, 11) is 1.85. The minimum Gasteiger partial charge on any atom is -0.339 e. The Morgan fingerprint density at radius 1 is 1.20 bits per heavy atom. The molecule has 25 heavy (non-hydrogen) atoms. The number of nitrogens with zero attached hydrogens (tertiary/aromatic N) is 6. The Morgan fingerprint density at radius 3 is 2.80 bits per heavy atom. The predicted octanol–water partition coefficient (Wildman–Crippen LogP) is 3.00. The minimum atomic E-state index is -2.64. The topological polar surface area (TPSA) is 74.6 Å². The summed E-state index contributed by atoms with van der Waals surface area (Å²) >= 11 is 0. The van der Waals surface area contributed by atoms with E-state index < -0.39 is 6.55 Å². The molecule has 0 saturated carbocycles. The monoisotopic (exact) mass is 344 g/mol. The molecule has 3 aromatic heterocycles. The lowest BCUT2D eigenvalue weighted by molar-refractivity contribution is 0.0753. The van der Waals surface area contributed by atoms with Gasteiger partial charge in [0.25, 0.3) is 0 Å². The molecular weight excluding hydrogens is 330 g/mol. The molecule has 0 radical (unpaired) electrons. The van der Waals surface area contributed by atoms with E-state index >= 15 is 0 Å². The van der Waals surface area contributed by atoms with Gasteiger partial charge in [0.05, 0.1) is 5.52 Å². The summed E-state index contributed by atoms with van der Waals surface area (Å²) in [5.74, 6) is 1.52. The van der Waals surface area contributed by atoms with Gasteiger partial charge < -0.3 is 9.09 Å². The Balaban J connectivity index is 1.64. The summed E-state index contributed by atoms with van der Waals surface area (Å²) in [6.07, 6.45) is 4.06. The molecule has 4 rings (SSSR count). The molecule has 0 unspecified atom stereocenters. The largest absolute Gasteiger partial charge is 0.339 e. The second kappa shape index (κ2) is 6.08. The molecule has 1 aromatic carbocycles. The first-order valence-corrected chi connectivity index (χ1v) is 7.67. The van der Waals surface area contributed by atoms with Crippen LogP contribution in [-0.2, 0) is 19.9 Å². The maximum absolute atomic E-state index is 13.2. The average molecular weight is 344 g/mol.